The molecule has 0 radical (unpaired) electrons. The van der Waals surface area contributed by atoms with E-state index in [0.717, 1.165) is 21.9 Å². The molecule has 0 saturated heterocycles. The summed E-state index contributed by atoms with van der Waals surface area (Å²) in [6, 6.07) is 18.4. The maximum atomic E-state index is 12.4. The molecule has 3 nitrogen and oxygen atoms in total. The molecule has 0 aliphatic heterocycles. The van der Waals surface area contributed by atoms with Crippen molar-refractivity contribution in [1.82, 2.24) is 0 Å². The van der Waals surface area contributed by atoms with Crippen LogP contribution in [-0.4, -0.2) is 14.6 Å². The summed E-state index contributed by atoms with van der Waals surface area (Å²) in [5, 5.41) is 2.04. The van der Waals surface area contributed by atoms with E-state index in [9.17, 15) is 8.42 Å². The topological polar surface area (TPSA) is 46.5 Å². The Labute approximate surface area is 143 Å². The number of nitrogens with zero attached hydrogens (tertiary/aromatic N) is 1. The number of hydrogen-bond acceptors (Lipinski definition) is 2. The fourth-order valence-corrected chi connectivity index (χ4v) is 3.83. The lowest BCUT2D eigenvalue weighted by Crippen LogP contribution is -1.99. The van der Waals surface area contributed by atoms with E-state index in [1.54, 1.807) is 18.2 Å². The predicted molar refractivity (Wildman–Crippen MR) is 97.6 cm³/mol. The largest absolute Gasteiger partial charge is 0.282 e. The third kappa shape index (κ3) is 3.35. The monoisotopic (exact) mass is 387 g/mol. The van der Waals surface area contributed by atoms with Gasteiger partial charge >= 0.3 is 0 Å². The molecule has 3 aromatic carbocycles. The zero-order valence-corrected chi connectivity index (χ0v) is 14.8. The molecule has 0 aromatic heterocycles. The zero-order chi connectivity index (χ0) is 16.4. The fourth-order valence-electron chi connectivity index (χ4n) is 2.39. The lowest BCUT2D eigenvalue weighted by atomic mass is 10.0. The number of aryl methyl sites for hydroxylation is 1. The minimum atomic E-state index is -3.73. The number of hydrogen-bond donors (Lipinski definition) is 0. The van der Waals surface area contributed by atoms with Gasteiger partial charge in [0.2, 0.25) is 0 Å². The molecule has 23 heavy (non-hydrogen) atoms. The lowest BCUT2D eigenvalue weighted by molar-refractivity contribution is 0.598. The standard InChI is InChI=1S/C18H14BrNO2S/c1-13-9-10-14-5-2-3-8-17(14)18(13)12-20-23(21,22)16-7-4-6-15(19)11-16/h2-12H,1H3. The molecule has 0 bridgehead atoms. The van der Waals surface area contributed by atoms with E-state index >= 15 is 0 Å². The average molecular weight is 388 g/mol. The normalized spacial score (nSPS) is 12.1. The van der Waals surface area contributed by atoms with Crippen LogP contribution in [0.1, 0.15) is 11.1 Å². The van der Waals surface area contributed by atoms with Gasteiger partial charge in [0.25, 0.3) is 10.0 Å². The molecule has 5 heteroatoms. The second-order valence-electron chi connectivity index (χ2n) is 5.18. The van der Waals surface area contributed by atoms with Crippen molar-refractivity contribution >= 4 is 42.9 Å². The molecule has 0 spiro atoms. The summed E-state index contributed by atoms with van der Waals surface area (Å²) in [6.07, 6.45) is 1.44. The number of benzene rings is 3. The van der Waals surface area contributed by atoms with E-state index < -0.39 is 10.0 Å². The van der Waals surface area contributed by atoms with Crippen molar-refractivity contribution in [3.05, 3.63) is 76.3 Å². The Morgan fingerprint density at radius 3 is 2.57 bits per heavy atom. The van der Waals surface area contributed by atoms with Crippen molar-refractivity contribution in [3.8, 4) is 0 Å². The van der Waals surface area contributed by atoms with E-state index in [-0.39, 0.29) is 4.90 Å². The highest BCUT2D eigenvalue weighted by Gasteiger charge is 2.12. The maximum absolute atomic E-state index is 12.4. The van der Waals surface area contributed by atoms with Crippen molar-refractivity contribution in [1.29, 1.82) is 0 Å². The quantitative estimate of drug-likeness (QED) is 0.610. The smallest absolute Gasteiger partial charge is 0.199 e. The van der Waals surface area contributed by atoms with Gasteiger partial charge in [0, 0.05) is 16.3 Å². The fraction of sp³-hybridized carbons (Fsp3) is 0.0556. The average Bonchev–Trinajstić information content (AvgIpc) is 2.54. The van der Waals surface area contributed by atoms with Gasteiger partial charge in [-0.25, -0.2) is 0 Å². The first kappa shape index (κ1) is 15.9. The van der Waals surface area contributed by atoms with Crippen LogP contribution in [0.5, 0.6) is 0 Å². The minimum absolute atomic E-state index is 0.168. The Morgan fingerprint density at radius 2 is 1.78 bits per heavy atom. The molecule has 0 unspecified atom stereocenters. The number of sulfonamides is 1. The summed E-state index contributed by atoms with van der Waals surface area (Å²) in [5.41, 5.74) is 1.80. The molecule has 0 fully saturated rings. The molecule has 0 heterocycles. The Kier molecular flexibility index (Phi) is 4.33. The van der Waals surface area contributed by atoms with Crippen molar-refractivity contribution in [2.24, 2.45) is 4.40 Å². The highest BCUT2D eigenvalue weighted by Crippen LogP contribution is 2.22. The van der Waals surface area contributed by atoms with Crippen molar-refractivity contribution in [2.75, 3.05) is 0 Å². The molecule has 3 rings (SSSR count). The van der Waals surface area contributed by atoms with Gasteiger partial charge in [-0.1, -0.05) is 58.4 Å². The second kappa shape index (κ2) is 6.26. The summed E-state index contributed by atoms with van der Waals surface area (Å²) in [4.78, 5) is 0.168. The summed E-state index contributed by atoms with van der Waals surface area (Å²) in [7, 11) is -3.73. The first-order chi connectivity index (χ1) is 11.0. The highest BCUT2D eigenvalue weighted by molar-refractivity contribution is 9.10. The molecule has 0 aliphatic carbocycles. The molecule has 0 atom stereocenters. The molecular weight excluding hydrogens is 374 g/mol. The van der Waals surface area contributed by atoms with Crippen LogP contribution in [0, 0.1) is 6.92 Å². The van der Waals surface area contributed by atoms with Crippen molar-refractivity contribution in [3.63, 3.8) is 0 Å². The van der Waals surface area contributed by atoms with E-state index in [2.05, 4.69) is 20.3 Å². The first-order valence-electron chi connectivity index (χ1n) is 7.02. The van der Waals surface area contributed by atoms with Crippen LogP contribution in [0.3, 0.4) is 0 Å². The Bertz CT molecular complexity index is 1010. The Hall–Kier alpha value is -1.98. The number of fused-ring (bicyclic) bond motifs is 1. The van der Waals surface area contributed by atoms with Gasteiger partial charge in [-0.15, -0.1) is 0 Å². The summed E-state index contributed by atoms with van der Waals surface area (Å²) in [5.74, 6) is 0. The van der Waals surface area contributed by atoms with Gasteiger partial charge in [-0.05, 0) is 41.5 Å². The minimum Gasteiger partial charge on any atom is -0.199 e. The third-order valence-electron chi connectivity index (χ3n) is 3.60. The molecule has 3 aromatic rings. The van der Waals surface area contributed by atoms with Crippen LogP contribution >= 0.6 is 15.9 Å². The summed E-state index contributed by atoms with van der Waals surface area (Å²) >= 11 is 3.28. The molecule has 116 valence electrons. The second-order valence-corrected chi connectivity index (χ2v) is 7.73. The van der Waals surface area contributed by atoms with Gasteiger partial charge in [0.1, 0.15) is 0 Å². The molecular formula is C18H14BrNO2S. The maximum Gasteiger partial charge on any atom is 0.282 e. The predicted octanol–water partition coefficient (Wildman–Crippen LogP) is 4.72. The molecule has 0 amide bonds. The Morgan fingerprint density at radius 1 is 1.00 bits per heavy atom. The SMILES string of the molecule is Cc1ccc2ccccc2c1C=NS(=O)(=O)c1cccc(Br)c1. The van der Waals surface area contributed by atoms with Gasteiger partial charge in [-0.3, -0.25) is 0 Å². The number of halogens is 1. The molecule has 0 saturated carbocycles. The van der Waals surface area contributed by atoms with E-state index in [1.165, 1.54) is 12.3 Å². The Balaban J connectivity index is 2.08. The van der Waals surface area contributed by atoms with Crippen LogP contribution < -0.4 is 0 Å². The van der Waals surface area contributed by atoms with E-state index in [1.807, 2.05) is 43.3 Å². The van der Waals surface area contributed by atoms with Crippen LogP contribution in [0.4, 0.5) is 0 Å². The van der Waals surface area contributed by atoms with Crippen LogP contribution in [0.2, 0.25) is 0 Å². The van der Waals surface area contributed by atoms with Gasteiger partial charge in [-0.2, -0.15) is 12.8 Å². The van der Waals surface area contributed by atoms with Gasteiger partial charge in [0.05, 0.1) is 4.90 Å². The molecule has 0 aliphatic rings. The van der Waals surface area contributed by atoms with E-state index in [4.69, 9.17) is 0 Å². The zero-order valence-electron chi connectivity index (χ0n) is 12.4. The molecule has 0 N–H and O–H groups in total. The van der Waals surface area contributed by atoms with Crippen LogP contribution in [0.15, 0.2) is 74.4 Å². The highest BCUT2D eigenvalue weighted by atomic mass is 79.9. The third-order valence-corrected chi connectivity index (χ3v) is 5.33. The lowest BCUT2D eigenvalue weighted by Gasteiger charge is -2.06. The summed E-state index contributed by atoms with van der Waals surface area (Å²) in [6.45, 7) is 1.94. The number of rotatable bonds is 3. The summed E-state index contributed by atoms with van der Waals surface area (Å²) < 4.78 is 29.4. The van der Waals surface area contributed by atoms with Crippen LogP contribution in [0.25, 0.3) is 10.8 Å². The first-order valence-corrected chi connectivity index (χ1v) is 9.25. The van der Waals surface area contributed by atoms with Gasteiger partial charge < -0.3 is 0 Å². The van der Waals surface area contributed by atoms with Gasteiger partial charge in [0.15, 0.2) is 0 Å². The van der Waals surface area contributed by atoms with Crippen molar-refractivity contribution < 1.29 is 8.42 Å². The van der Waals surface area contributed by atoms with E-state index in [0.29, 0.717) is 4.47 Å². The van der Waals surface area contributed by atoms with Crippen molar-refractivity contribution in [2.45, 2.75) is 11.8 Å². The van der Waals surface area contributed by atoms with Crippen LogP contribution in [-0.2, 0) is 10.0 Å².